The maximum Gasteiger partial charge on any atom is 0.142 e. The van der Waals surface area contributed by atoms with Crippen molar-refractivity contribution in [1.82, 2.24) is 9.78 Å². The van der Waals surface area contributed by atoms with Gasteiger partial charge in [-0.2, -0.15) is 5.10 Å². The Hall–Kier alpha value is -0.610. The summed E-state index contributed by atoms with van der Waals surface area (Å²) < 4.78 is 3.69. The minimum absolute atomic E-state index is 0.834. The molecule has 1 aromatic carbocycles. The summed E-state index contributed by atoms with van der Waals surface area (Å²) in [6, 6.07) is 8.40. The molecule has 0 bridgehead atoms. The van der Waals surface area contributed by atoms with Crippen LogP contribution >= 0.6 is 31.9 Å². The predicted octanol–water partition coefficient (Wildman–Crippen LogP) is 3.92. The van der Waals surface area contributed by atoms with Crippen LogP contribution in [-0.4, -0.2) is 9.78 Å². The van der Waals surface area contributed by atoms with Crippen molar-refractivity contribution in [1.29, 1.82) is 0 Å². The maximum absolute atomic E-state index is 4.30. The number of aryl methyl sites for hydroxylation is 2. The minimum Gasteiger partial charge on any atom is -0.266 e. The molecule has 0 atom stereocenters. The molecule has 2 aromatic rings. The van der Waals surface area contributed by atoms with E-state index in [2.05, 4.69) is 68.1 Å². The molecule has 0 aliphatic carbocycles. The van der Waals surface area contributed by atoms with E-state index in [1.807, 2.05) is 11.7 Å². The molecule has 0 fully saturated rings. The van der Waals surface area contributed by atoms with E-state index in [0.717, 1.165) is 20.3 Å². The summed E-state index contributed by atoms with van der Waals surface area (Å²) in [6.07, 6.45) is 0. The summed E-state index contributed by atoms with van der Waals surface area (Å²) in [5.41, 5.74) is 3.51. The number of rotatable bonds is 1. The Morgan fingerprint density at radius 1 is 1.13 bits per heavy atom. The normalized spacial score (nSPS) is 10.7. The van der Waals surface area contributed by atoms with Gasteiger partial charge < -0.3 is 0 Å². The van der Waals surface area contributed by atoms with Crippen molar-refractivity contribution in [3.05, 3.63) is 38.9 Å². The molecule has 1 aromatic heterocycles. The highest BCUT2D eigenvalue weighted by atomic mass is 79.9. The fraction of sp³-hybridized carbons (Fsp3) is 0.182. The van der Waals surface area contributed by atoms with Gasteiger partial charge in [0.05, 0.1) is 10.2 Å². The zero-order chi connectivity index (χ0) is 11.0. The molecular weight excluding hydrogens is 320 g/mol. The first-order chi connectivity index (χ1) is 7.09. The molecule has 0 radical (unpaired) electrons. The summed E-state index contributed by atoms with van der Waals surface area (Å²) in [7, 11) is 1.94. The first-order valence-electron chi connectivity index (χ1n) is 4.54. The fourth-order valence-corrected chi connectivity index (χ4v) is 2.48. The van der Waals surface area contributed by atoms with Crippen LogP contribution in [0.2, 0.25) is 0 Å². The van der Waals surface area contributed by atoms with E-state index in [1.54, 1.807) is 0 Å². The third kappa shape index (κ3) is 2.01. The summed E-state index contributed by atoms with van der Waals surface area (Å²) in [4.78, 5) is 0. The van der Waals surface area contributed by atoms with Crippen molar-refractivity contribution in [2.45, 2.75) is 6.92 Å². The predicted molar refractivity (Wildman–Crippen MR) is 68.8 cm³/mol. The zero-order valence-corrected chi connectivity index (χ0v) is 11.6. The van der Waals surface area contributed by atoms with E-state index < -0.39 is 0 Å². The van der Waals surface area contributed by atoms with Crippen LogP contribution in [0.3, 0.4) is 0 Å². The van der Waals surface area contributed by atoms with E-state index >= 15 is 0 Å². The monoisotopic (exact) mass is 328 g/mol. The van der Waals surface area contributed by atoms with E-state index in [1.165, 1.54) is 5.56 Å². The van der Waals surface area contributed by atoms with Crippen LogP contribution in [0.5, 0.6) is 0 Å². The van der Waals surface area contributed by atoms with Crippen LogP contribution in [0.15, 0.2) is 33.3 Å². The van der Waals surface area contributed by atoms with Gasteiger partial charge in [-0.1, -0.05) is 29.8 Å². The molecular formula is C11H10Br2N2. The van der Waals surface area contributed by atoms with Crippen molar-refractivity contribution in [2.24, 2.45) is 7.05 Å². The van der Waals surface area contributed by atoms with Crippen LogP contribution in [-0.2, 0) is 7.05 Å². The molecule has 0 unspecified atom stereocenters. The van der Waals surface area contributed by atoms with Gasteiger partial charge in [-0.15, -0.1) is 0 Å². The van der Waals surface area contributed by atoms with Crippen molar-refractivity contribution in [2.75, 3.05) is 0 Å². The van der Waals surface area contributed by atoms with Gasteiger partial charge in [-0.25, -0.2) is 0 Å². The average molecular weight is 330 g/mol. The maximum atomic E-state index is 4.30. The van der Waals surface area contributed by atoms with Gasteiger partial charge in [0.15, 0.2) is 0 Å². The molecule has 0 N–H and O–H groups in total. The highest BCUT2D eigenvalue weighted by molar-refractivity contribution is 9.13. The van der Waals surface area contributed by atoms with Gasteiger partial charge >= 0.3 is 0 Å². The van der Waals surface area contributed by atoms with E-state index in [4.69, 9.17) is 0 Å². The van der Waals surface area contributed by atoms with Gasteiger partial charge in [0.2, 0.25) is 0 Å². The van der Waals surface area contributed by atoms with Crippen molar-refractivity contribution < 1.29 is 0 Å². The van der Waals surface area contributed by atoms with Crippen LogP contribution in [0.4, 0.5) is 0 Å². The third-order valence-corrected chi connectivity index (χ3v) is 4.11. The molecule has 0 aliphatic heterocycles. The van der Waals surface area contributed by atoms with E-state index in [-0.39, 0.29) is 0 Å². The van der Waals surface area contributed by atoms with Gasteiger partial charge in [0.1, 0.15) is 4.60 Å². The topological polar surface area (TPSA) is 17.8 Å². The molecule has 15 heavy (non-hydrogen) atoms. The zero-order valence-electron chi connectivity index (χ0n) is 8.46. The Morgan fingerprint density at radius 3 is 2.20 bits per heavy atom. The van der Waals surface area contributed by atoms with Gasteiger partial charge in [0, 0.05) is 12.6 Å². The first kappa shape index (κ1) is 10.9. The number of halogens is 2. The van der Waals surface area contributed by atoms with Crippen molar-refractivity contribution in [3.63, 3.8) is 0 Å². The van der Waals surface area contributed by atoms with E-state index in [0.29, 0.717) is 0 Å². The number of hydrogen-bond donors (Lipinski definition) is 0. The lowest BCUT2D eigenvalue weighted by atomic mass is 10.1. The van der Waals surface area contributed by atoms with E-state index in [9.17, 15) is 0 Å². The Kier molecular flexibility index (Phi) is 2.98. The molecule has 0 saturated carbocycles. The highest BCUT2D eigenvalue weighted by Gasteiger charge is 2.12. The van der Waals surface area contributed by atoms with Crippen LogP contribution < -0.4 is 0 Å². The largest absolute Gasteiger partial charge is 0.266 e. The Morgan fingerprint density at radius 2 is 1.73 bits per heavy atom. The van der Waals surface area contributed by atoms with Crippen molar-refractivity contribution >= 4 is 31.9 Å². The second kappa shape index (κ2) is 4.10. The summed E-state index contributed by atoms with van der Waals surface area (Å²) >= 11 is 6.93. The summed E-state index contributed by atoms with van der Waals surface area (Å²) in [5.74, 6) is 0. The second-order valence-electron chi connectivity index (χ2n) is 3.44. The molecule has 0 saturated heterocycles. The lowest BCUT2D eigenvalue weighted by Gasteiger charge is -2.03. The Balaban J connectivity index is 2.58. The molecule has 2 rings (SSSR count). The van der Waals surface area contributed by atoms with Gasteiger partial charge in [-0.05, 0) is 38.8 Å². The summed E-state index contributed by atoms with van der Waals surface area (Å²) in [5, 5.41) is 4.30. The number of hydrogen-bond acceptors (Lipinski definition) is 1. The molecule has 0 amide bonds. The number of nitrogens with zero attached hydrogens (tertiary/aromatic N) is 2. The number of benzene rings is 1. The smallest absolute Gasteiger partial charge is 0.142 e. The van der Waals surface area contributed by atoms with Crippen LogP contribution in [0.1, 0.15) is 5.56 Å². The van der Waals surface area contributed by atoms with Crippen molar-refractivity contribution in [3.8, 4) is 11.3 Å². The van der Waals surface area contributed by atoms with Gasteiger partial charge in [-0.3, -0.25) is 4.68 Å². The van der Waals surface area contributed by atoms with Gasteiger partial charge in [0.25, 0.3) is 0 Å². The minimum atomic E-state index is 0.834. The Labute approximate surface area is 106 Å². The third-order valence-electron chi connectivity index (χ3n) is 2.28. The lowest BCUT2D eigenvalue weighted by Crippen LogP contribution is -1.93. The molecule has 1 heterocycles. The van der Waals surface area contributed by atoms with Crippen LogP contribution in [0, 0.1) is 6.92 Å². The second-order valence-corrected chi connectivity index (χ2v) is 4.99. The molecule has 0 spiro atoms. The molecule has 2 nitrogen and oxygen atoms in total. The fourth-order valence-electron chi connectivity index (χ4n) is 1.49. The van der Waals surface area contributed by atoms with Crippen LogP contribution in [0.25, 0.3) is 11.3 Å². The lowest BCUT2D eigenvalue weighted by molar-refractivity contribution is 0.768. The highest BCUT2D eigenvalue weighted by Crippen LogP contribution is 2.33. The Bertz CT molecular complexity index is 486. The first-order valence-corrected chi connectivity index (χ1v) is 6.13. The SMILES string of the molecule is Cc1ccc(-c2c(Br)c(Br)nn2C)cc1. The molecule has 78 valence electrons. The average Bonchev–Trinajstić information content (AvgIpc) is 2.44. The quantitative estimate of drug-likeness (QED) is 0.775. The number of aromatic nitrogens is 2. The summed E-state index contributed by atoms with van der Waals surface area (Å²) in [6.45, 7) is 2.08. The molecule has 0 aliphatic rings. The molecule has 4 heteroatoms. The standard InChI is InChI=1S/C11H10Br2N2/c1-7-3-5-8(6-4-7)10-9(12)11(13)14-15(10)2/h3-6H,1-2H3.